The van der Waals surface area contributed by atoms with Gasteiger partial charge in [-0.2, -0.15) is 13.2 Å². The Morgan fingerprint density at radius 3 is 2.42 bits per heavy atom. The van der Waals surface area contributed by atoms with E-state index in [4.69, 9.17) is 10.5 Å². The predicted molar refractivity (Wildman–Crippen MR) is 109 cm³/mol. The summed E-state index contributed by atoms with van der Waals surface area (Å²) in [4.78, 5) is 28.3. The third-order valence-corrected chi connectivity index (χ3v) is 5.98. The fourth-order valence-corrected chi connectivity index (χ4v) is 4.53. The average molecular weight is 447 g/mol. The molecule has 1 atom stereocenters. The van der Waals surface area contributed by atoms with Crippen molar-refractivity contribution in [3.8, 4) is 5.75 Å². The van der Waals surface area contributed by atoms with Crippen molar-refractivity contribution in [2.45, 2.75) is 22.0 Å². The van der Waals surface area contributed by atoms with E-state index in [2.05, 4.69) is 5.32 Å². The van der Waals surface area contributed by atoms with Crippen molar-refractivity contribution < 1.29 is 22.7 Å². The number of nitrogens with two attached hydrogens (primary N) is 1. The van der Waals surface area contributed by atoms with Gasteiger partial charge in [0.05, 0.1) is 13.2 Å². The maximum atomic E-state index is 12.8. The number of hydrogen-bond donors (Lipinski definition) is 3. The molecule has 10 heteroatoms. The molecule has 31 heavy (non-hydrogen) atoms. The molecule has 0 spiro atoms. The van der Waals surface area contributed by atoms with Gasteiger partial charge in [-0.25, -0.2) is 0 Å². The number of nitrogens with one attached hydrogen (secondary N) is 2. The van der Waals surface area contributed by atoms with Gasteiger partial charge in [-0.05, 0) is 47.5 Å². The van der Waals surface area contributed by atoms with E-state index in [1.807, 2.05) is 6.07 Å². The Morgan fingerprint density at radius 1 is 1.10 bits per heavy atom. The van der Waals surface area contributed by atoms with Crippen LogP contribution in [0.1, 0.15) is 33.2 Å². The number of methoxy groups -OCH3 is 1. The van der Waals surface area contributed by atoms with Gasteiger partial charge in [0.25, 0.3) is 11.5 Å². The number of benzene rings is 2. The Morgan fingerprint density at radius 2 is 1.77 bits per heavy atom. The van der Waals surface area contributed by atoms with E-state index in [0.29, 0.717) is 17.5 Å². The van der Waals surface area contributed by atoms with E-state index in [1.54, 1.807) is 35.3 Å². The van der Waals surface area contributed by atoms with Crippen LogP contribution >= 0.6 is 11.8 Å². The minimum atomic E-state index is -4.72. The third kappa shape index (κ3) is 3.98. The van der Waals surface area contributed by atoms with Crippen molar-refractivity contribution in [2.75, 3.05) is 12.8 Å². The number of rotatable bonds is 3. The number of ether oxygens (including phenoxy) is 1. The zero-order valence-corrected chi connectivity index (χ0v) is 16.9. The standard InChI is InChI=1S/C21H16F3N3O3S/c1-30-11-3-5-13-16(9-11)31-15-8-10(25)2-4-12(15)18(13)27-20(29)14-6-7-17(21(22,23)24)26-19(14)28/h2-9,18H,25H2,1H3,(H,26,28)(H,27,29). The second-order valence-corrected chi connectivity index (χ2v) is 7.91. The monoisotopic (exact) mass is 447 g/mol. The Hall–Kier alpha value is -3.40. The number of carbonyl (C=O) groups excluding carboxylic acids is 1. The van der Waals surface area contributed by atoms with Crippen LogP contribution in [-0.2, 0) is 6.18 Å². The zero-order valence-electron chi connectivity index (χ0n) is 16.0. The van der Waals surface area contributed by atoms with Crippen LogP contribution in [0.4, 0.5) is 18.9 Å². The minimum absolute atomic E-state index is 0.418. The summed E-state index contributed by atoms with van der Waals surface area (Å²) in [6.07, 6.45) is -4.72. The van der Waals surface area contributed by atoms with Gasteiger partial charge in [0.15, 0.2) is 0 Å². The Kier molecular flexibility index (Phi) is 5.18. The van der Waals surface area contributed by atoms with Gasteiger partial charge < -0.3 is 20.8 Å². The van der Waals surface area contributed by atoms with Gasteiger partial charge in [-0.3, -0.25) is 9.59 Å². The molecule has 4 rings (SSSR count). The van der Waals surface area contributed by atoms with Gasteiger partial charge in [-0.15, -0.1) is 0 Å². The number of nitrogen functional groups attached to an aromatic ring is 1. The fourth-order valence-electron chi connectivity index (χ4n) is 3.31. The number of aromatic amines is 1. The van der Waals surface area contributed by atoms with E-state index in [-0.39, 0.29) is 0 Å². The van der Waals surface area contributed by atoms with E-state index in [1.165, 1.54) is 18.9 Å². The number of amides is 1. The van der Waals surface area contributed by atoms with Crippen LogP contribution in [-0.4, -0.2) is 18.0 Å². The van der Waals surface area contributed by atoms with Crippen molar-refractivity contribution in [2.24, 2.45) is 0 Å². The van der Waals surface area contributed by atoms with Gasteiger partial charge in [0.1, 0.15) is 17.0 Å². The van der Waals surface area contributed by atoms with Gasteiger partial charge in [0.2, 0.25) is 0 Å². The van der Waals surface area contributed by atoms with E-state index < -0.39 is 34.9 Å². The second kappa shape index (κ2) is 7.69. The molecule has 1 aromatic heterocycles. The van der Waals surface area contributed by atoms with Crippen molar-refractivity contribution in [1.82, 2.24) is 10.3 Å². The zero-order chi connectivity index (χ0) is 22.3. The molecular formula is C21H16F3N3O3S. The van der Waals surface area contributed by atoms with Crippen LogP contribution in [0.5, 0.6) is 5.75 Å². The number of aromatic nitrogens is 1. The lowest BCUT2D eigenvalue weighted by atomic mass is 9.97. The molecule has 0 fully saturated rings. The number of H-pyrrole nitrogens is 1. The highest BCUT2D eigenvalue weighted by atomic mass is 32.2. The largest absolute Gasteiger partial charge is 0.497 e. The summed E-state index contributed by atoms with van der Waals surface area (Å²) in [6.45, 7) is 0. The Balaban J connectivity index is 1.73. The number of pyridine rings is 1. The molecule has 4 N–H and O–H groups in total. The minimum Gasteiger partial charge on any atom is -0.497 e. The molecular weight excluding hydrogens is 431 g/mol. The molecule has 0 aliphatic carbocycles. The summed E-state index contributed by atoms with van der Waals surface area (Å²) in [7, 11) is 1.54. The average Bonchev–Trinajstić information content (AvgIpc) is 2.72. The van der Waals surface area contributed by atoms with Crippen molar-refractivity contribution in [1.29, 1.82) is 0 Å². The van der Waals surface area contributed by atoms with E-state index >= 15 is 0 Å². The maximum Gasteiger partial charge on any atom is 0.431 e. The molecule has 1 amide bonds. The summed E-state index contributed by atoms with van der Waals surface area (Å²) in [6, 6.07) is 11.5. The molecule has 0 saturated heterocycles. The normalized spacial score (nSPS) is 15.0. The quantitative estimate of drug-likeness (QED) is 0.528. The molecule has 1 unspecified atom stereocenters. The van der Waals surface area contributed by atoms with Crippen LogP contribution in [0.3, 0.4) is 0 Å². The first-order valence-corrected chi connectivity index (χ1v) is 9.85. The number of halogens is 3. The molecule has 6 nitrogen and oxygen atoms in total. The van der Waals surface area contributed by atoms with Gasteiger partial charge in [0, 0.05) is 15.5 Å². The van der Waals surface area contributed by atoms with Crippen molar-refractivity contribution in [3.05, 3.63) is 81.3 Å². The van der Waals surface area contributed by atoms with Crippen molar-refractivity contribution in [3.63, 3.8) is 0 Å². The number of fused-ring (bicyclic) bond motifs is 2. The first-order valence-electron chi connectivity index (χ1n) is 9.04. The van der Waals surface area contributed by atoms with Crippen LogP contribution in [0.25, 0.3) is 0 Å². The topological polar surface area (TPSA) is 97.2 Å². The highest BCUT2D eigenvalue weighted by Gasteiger charge is 2.33. The molecule has 2 heterocycles. The van der Waals surface area contributed by atoms with Crippen LogP contribution in [0.15, 0.2) is 63.1 Å². The Bertz CT molecular complexity index is 1240. The first-order chi connectivity index (χ1) is 14.7. The van der Waals surface area contributed by atoms with Crippen LogP contribution in [0, 0.1) is 0 Å². The summed E-state index contributed by atoms with van der Waals surface area (Å²) in [5.41, 5.74) is 5.21. The molecule has 2 aromatic carbocycles. The second-order valence-electron chi connectivity index (χ2n) is 6.82. The van der Waals surface area contributed by atoms with Crippen molar-refractivity contribution >= 4 is 23.4 Å². The number of alkyl halides is 3. The molecule has 3 aromatic rings. The summed E-state index contributed by atoms with van der Waals surface area (Å²) in [5.74, 6) is -0.167. The van der Waals surface area contributed by atoms with Gasteiger partial charge >= 0.3 is 6.18 Å². The number of carbonyl (C=O) groups is 1. The fraction of sp³-hybridized carbons (Fsp3) is 0.143. The lowest BCUT2D eigenvalue weighted by Gasteiger charge is -2.29. The van der Waals surface area contributed by atoms with Crippen LogP contribution < -0.4 is 21.3 Å². The highest BCUT2D eigenvalue weighted by molar-refractivity contribution is 7.99. The summed E-state index contributed by atoms with van der Waals surface area (Å²) < 4.78 is 43.7. The SMILES string of the molecule is COc1ccc2c(c1)Sc1cc(N)ccc1C2NC(=O)c1ccc(C(F)(F)F)[nH]c1=O. The van der Waals surface area contributed by atoms with E-state index in [0.717, 1.165) is 27.0 Å². The first kappa shape index (κ1) is 20.9. The predicted octanol–water partition coefficient (Wildman–Crippen LogP) is 3.97. The smallest absolute Gasteiger partial charge is 0.431 e. The van der Waals surface area contributed by atoms with E-state index in [9.17, 15) is 22.8 Å². The Labute approximate surface area is 178 Å². The molecule has 0 bridgehead atoms. The molecule has 160 valence electrons. The third-order valence-electron chi connectivity index (χ3n) is 4.84. The van der Waals surface area contributed by atoms with Crippen LogP contribution in [0.2, 0.25) is 0 Å². The maximum absolute atomic E-state index is 12.8. The molecule has 0 radical (unpaired) electrons. The summed E-state index contributed by atoms with van der Waals surface area (Å²) >= 11 is 1.46. The summed E-state index contributed by atoms with van der Waals surface area (Å²) in [5, 5.41) is 2.77. The number of anilines is 1. The molecule has 1 aliphatic heterocycles. The molecule has 0 saturated carbocycles. The lowest BCUT2D eigenvalue weighted by Crippen LogP contribution is -2.35. The lowest BCUT2D eigenvalue weighted by molar-refractivity contribution is -0.141. The number of hydrogen-bond acceptors (Lipinski definition) is 5. The van der Waals surface area contributed by atoms with Gasteiger partial charge in [-0.1, -0.05) is 23.9 Å². The molecule has 1 aliphatic rings. The highest BCUT2D eigenvalue weighted by Crippen LogP contribution is 2.46.